The Bertz CT molecular complexity index is 473. The summed E-state index contributed by atoms with van der Waals surface area (Å²) in [6.45, 7) is 2.17. The average molecular weight is 367 g/mol. The molecule has 0 heterocycles. The molecule has 0 saturated heterocycles. The monoisotopic (exact) mass is 366 g/mol. The number of aryl methyl sites for hydroxylation is 2. The fourth-order valence-corrected chi connectivity index (χ4v) is 3.89. The van der Waals surface area contributed by atoms with E-state index in [1.54, 1.807) is 6.07 Å². The van der Waals surface area contributed by atoms with Crippen LogP contribution < -0.4 is 0 Å². The van der Waals surface area contributed by atoms with Gasteiger partial charge in [0.05, 0.1) is 0 Å². The molecule has 2 rings (SSSR count). The maximum atomic E-state index is 14.2. The Kier molecular flexibility index (Phi) is 7.65. The standard InChI is InChI=1S/C20H28BrF/c1-2-3-4-18-10-12-19(20(22)15-18)11-9-16-5-7-17(8-6-16)13-14-21/h10,12-17H,2-9,11H2,1H3/b14-13+. The van der Waals surface area contributed by atoms with Gasteiger partial charge in [0.25, 0.3) is 0 Å². The molecule has 1 aromatic rings. The summed E-state index contributed by atoms with van der Waals surface area (Å²) in [6, 6.07) is 5.88. The van der Waals surface area contributed by atoms with Crippen LogP contribution >= 0.6 is 15.9 Å². The molecule has 0 bridgehead atoms. The van der Waals surface area contributed by atoms with Gasteiger partial charge >= 0.3 is 0 Å². The second-order valence-electron chi connectivity index (χ2n) is 6.67. The minimum atomic E-state index is 0.00418. The van der Waals surface area contributed by atoms with Gasteiger partial charge in [0, 0.05) is 0 Å². The van der Waals surface area contributed by atoms with Crippen molar-refractivity contribution in [1.29, 1.82) is 0 Å². The summed E-state index contributed by atoms with van der Waals surface area (Å²) >= 11 is 3.37. The Morgan fingerprint density at radius 3 is 2.59 bits per heavy atom. The number of rotatable bonds is 7. The maximum absolute atomic E-state index is 14.2. The van der Waals surface area contributed by atoms with E-state index in [9.17, 15) is 4.39 Å². The highest BCUT2D eigenvalue weighted by molar-refractivity contribution is 9.11. The Hall–Kier alpha value is -0.630. The SMILES string of the molecule is CCCCc1ccc(CCC2CCC(/C=C/Br)CC2)c(F)c1. The number of hydrogen-bond donors (Lipinski definition) is 0. The van der Waals surface area contributed by atoms with E-state index in [4.69, 9.17) is 0 Å². The lowest BCUT2D eigenvalue weighted by atomic mass is 9.79. The average Bonchev–Trinajstić information content (AvgIpc) is 2.54. The molecule has 0 spiro atoms. The minimum absolute atomic E-state index is 0.00418. The summed E-state index contributed by atoms with van der Waals surface area (Å²) in [5.41, 5.74) is 2.05. The number of hydrogen-bond acceptors (Lipinski definition) is 0. The third kappa shape index (κ3) is 5.53. The van der Waals surface area contributed by atoms with Crippen LogP contribution in [-0.2, 0) is 12.8 Å². The molecule has 1 aromatic carbocycles. The molecular formula is C20H28BrF. The summed E-state index contributed by atoms with van der Waals surface area (Å²) < 4.78 is 14.2. The third-order valence-electron chi connectivity index (χ3n) is 4.99. The molecule has 0 nitrogen and oxygen atoms in total. The lowest BCUT2D eigenvalue weighted by Gasteiger charge is -2.26. The van der Waals surface area contributed by atoms with Crippen molar-refractivity contribution in [3.05, 3.63) is 46.2 Å². The van der Waals surface area contributed by atoms with E-state index >= 15 is 0 Å². The Morgan fingerprint density at radius 2 is 1.95 bits per heavy atom. The van der Waals surface area contributed by atoms with Crippen LogP contribution in [0.15, 0.2) is 29.3 Å². The van der Waals surface area contributed by atoms with Crippen LogP contribution in [0.5, 0.6) is 0 Å². The van der Waals surface area contributed by atoms with Gasteiger partial charge in [-0.25, -0.2) is 4.39 Å². The molecule has 0 amide bonds. The second kappa shape index (κ2) is 9.50. The maximum Gasteiger partial charge on any atom is 0.126 e. The van der Waals surface area contributed by atoms with Gasteiger partial charge in [-0.05, 0) is 85.4 Å². The molecule has 0 aromatic heterocycles. The second-order valence-corrected chi connectivity index (χ2v) is 7.20. The molecule has 122 valence electrons. The van der Waals surface area contributed by atoms with E-state index in [2.05, 4.69) is 35.0 Å². The molecule has 0 unspecified atom stereocenters. The normalized spacial score (nSPS) is 22.3. The topological polar surface area (TPSA) is 0 Å². The van der Waals surface area contributed by atoms with Crippen LogP contribution in [0.1, 0.15) is 63.0 Å². The number of benzene rings is 1. The van der Waals surface area contributed by atoms with Gasteiger partial charge in [0.2, 0.25) is 0 Å². The zero-order valence-electron chi connectivity index (χ0n) is 13.7. The van der Waals surface area contributed by atoms with Crippen molar-refractivity contribution in [2.24, 2.45) is 11.8 Å². The molecule has 0 N–H and O–H groups in total. The van der Waals surface area contributed by atoms with E-state index < -0.39 is 0 Å². The Labute approximate surface area is 143 Å². The number of allylic oxidation sites excluding steroid dienone is 1. The zero-order chi connectivity index (χ0) is 15.8. The van der Waals surface area contributed by atoms with Crippen LogP contribution in [-0.4, -0.2) is 0 Å². The first kappa shape index (κ1) is 17.7. The fourth-order valence-electron chi connectivity index (χ4n) is 3.46. The number of halogens is 2. The predicted molar refractivity (Wildman–Crippen MR) is 96.8 cm³/mol. The van der Waals surface area contributed by atoms with E-state index in [0.29, 0.717) is 0 Å². The smallest absolute Gasteiger partial charge is 0.126 e. The lowest BCUT2D eigenvalue weighted by Crippen LogP contribution is -2.14. The van der Waals surface area contributed by atoms with E-state index in [1.165, 1.54) is 25.7 Å². The largest absolute Gasteiger partial charge is 0.207 e. The van der Waals surface area contributed by atoms with Crippen LogP contribution in [0.3, 0.4) is 0 Å². The first-order valence-corrected chi connectivity index (χ1v) is 9.68. The lowest BCUT2D eigenvalue weighted by molar-refractivity contribution is 0.295. The van der Waals surface area contributed by atoms with Crippen LogP contribution in [0.4, 0.5) is 4.39 Å². The summed E-state index contributed by atoms with van der Waals surface area (Å²) in [7, 11) is 0. The van der Waals surface area contributed by atoms with Gasteiger partial charge in [0.15, 0.2) is 0 Å². The van der Waals surface area contributed by atoms with Crippen molar-refractivity contribution < 1.29 is 4.39 Å². The molecular weight excluding hydrogens is 339 g/mol. The van der Waals surface area contributed by atoms with Gasteiger partial charge in [-0.1, -0.05) is 47.5 Å². The molecule has 22 heavy (non-hydrogen) atoms. The summed E-state index contributed by atoms with van der Waals surface area (Å²) in [5.74, 6) is 1.52. The molecule has 0 atom stereocenters. The van der Waals surface area contributed by atoms with Gasteiger partial charge in [-0.15, -0.1) is 0 Å². The summed E-state index contributed by atoms with van der Waals surface area (Å²) in [6.07, 6.45) is 12.7. The van der Waals surface area contributed by atoms with Crippen molar-refractivity contribution in [3.8, 4) is 0 Å². The van der Waals surface area contributed by atoms with Crippen molar-refractivity contribution in [2.45, 2.75) is 64.7 Å². The third-order valence-corrected chi connectivity index (χ3v) is 5.30. The van der Waals surface area contributed by atoms with Crippen molar-refractivity contribution >= 4 is 15.9 Å². The highest BCUT2D eigenvalue weighted by Gasteiger charge is 2.19. The Morgan fingerprint density at radius 1 is 1.18 bits per heavy atom. The zero-order valence-corrected chi connectivity index (χ0v) is 15.2. The highest BCUT2D eigenvalue weighted by Crippen LogP contribution is 2.32. The van der Waals surface area contributed by atoms with Crippen molar-refractivity contribution in [2.75, 3.05) is 0 Å². The summed E-state index contributed by atoms with van der Waals surface area (Å²) in [4.78, 5) is 1.99. The van der Waals surface area contributed by atoms with E-state index in [-0.39, 0.29) is 5.82 Å². The minimum Gasteiger partial charge on any atom is -0.207 e. The molecule has 0 radical (unpaired) electrons. The van der Waals surface area contributed by atoms with Crippen molar-refractivity contribution in [1.82, 2.24) is 0 Å². The fraction of sp³-hybridized carbons (Fsp3) is 0.600. The van der Waals surface area contributed by atoms with Crippen LogP contribution in [0.2, 0.25) is 0 Å². The van der Waals surface area contributed by atoms with Crippen molar-refractivity contribution in [3.63, 3.8) is 0 Å². The van der Waals surface area contributed by atoms with Gasteiger partial charge in [-0.3, -0.25) is 0 Å². The van der Waals surface area contributed by atoms with Crippen LogP contribution in [0.25, 0.3) is 0 Å². The molecule has 1 aliphatic carbocycles. The Balaban J connectivity index is 1.79. The van der Waals surface area contributed by atoms with E-state index in [0.717, 1.165) is 55.1 Å². The molecule has 0 aliphatic heterocycles. The summed E-state index contributed by atoms with van der Waals surface area (Å²) in [5, 5.41) is 0. The molecule has 1 fully saturated rings. The molecule has 1 saturated carbocycles. The predicted octanol–water partition coefficient (Wildman–Crippen LogP) is 6.82. The highest BCUT2D eigenvalue weighted by atomic mass is 79.9. The van der Waals surface area contributed by atoms with E-state index in [1.807, 2.05) is 11.1 Å². The quantitative estimate of drug-likeness (QED) is 0.496. The molecule has 2 heteroatoms. The van der Waals surface area contributed by atoms with Gasteiger partial charge in [0.1, 0.15) is 5.82 Å². The first-order valence-electron chi connectivity index (χ1n) is 8.77. The van der Waals surface area contributed by atoms with Gasteiger partial charge in [-0.2, -0.15) is 0 Å². The first-order chi connectivity index (χ1) is 10.7. The number of unbranched alkanes of at least 4 members (excludes halogenated alkanes) is 1. The van der Waals surface area contributed by atoms with Gasteiger partial charge < -0.3 is 0 Å². The molecule has 1 aliphatic rings. The van der Waals surface area contributed by atoms with Crippen LogP contribution in [0, 0.1) is 17.7 Å².